The highest BCUT2D eigenvalue weighted by atomic mass is 35.5. The van der Waals surface area contributed by atoms with Gasteiger partial charge in [0.25, 0.3) is 0 Å². The summed E-state index contributed by atoms with van der Waals surface area (Å²) in [5.41, 5.74) is 2.56. The molecule has 5 nitrogen and oxygen atoms in total. The van der Waals surface area contributed by atoms with Crippen LogP contribution in [0.5, 0.6) is 0 Å². The number of nitrogens with zero attached hydrogens (tertiary/aromatic N) is 2. The number of piperazine rings is 1. The molecule has 1 aliphatic rings. The van der Waals surface area contributed by atoms with Crippen LogP contribution in [0.1, 0.15) is 0 Å². The molecule has 7 heteroatoms. The minimum Gasteiger partial charge on any atom is -0.369 e. The number of halogens is 1. The lowest BCUT2D eigenvalue weighted by Gasteiger charge is -2.35. The fourth-order valence-electron chi connectivity index (χ4n) is 2.22. The number of primary sulfonamides is 1. The zero-order valence-corrected chi connectivity index (χ0v) is 12.6. The minimum absolute atomic E-state index is 0.145. The molecular formula is C13H18ClN3O2S. The Labute approximate surface area is 124 Å². The molecule has 0 unspecified atom stereocenters. The second kappa shape index (κ2) is 6.58. The summed E-state index contributed by atoms with van der Waals surface area (Å²) >= 11 is 5.52. The Morgan fingerprint density at radius 3 is 2.25 bits per heavy atom. The SMILES string of the molecule is NS(=O)(=O)c1ccc(N2CCN(C/C=C/Cl)CC2)cc1. The highest BCUT2D eigenvalue weighted by Crippen LogP contribution is 2.18. The van der Waals surface area contributed by atoms with Crippen LogP contribution in [0.25, 0.3) is 0 Å². The van der Waals surface area contributed by atoms with Crippen LogP contribution in [0.2, 0.25) is 0 Å². The van der Waals surface area contributed by atoms with Gasteiger partial charge in [-0.1, -0.05) is 17.7 Å². The first kappa shape index (κ1) is 15.3. The van der Waals surface area contributed by atoms with Crippen LogP contribution in [-0.4, -0.2) is 46.0 Å². The topological polar surface area (TPSA) is 66.6 Å². The van der Waals surface area contributed by atoms with Crippen molar-refractivity contribution in [2.24, 2.45) is 5.14 Å². The molecule has 110 valence electrons. The third-order valence-corrected chi connectivity index (χ3v) is 4.46. The van der Waals surface area contributed by atoms with E-state index >= 15 is 0 Å². The highest BCUT2D eigenvalue weighted by Gasteiger charge is 2.16. The Hall–Kier alpha value is -1.08. The fraction of sp³-hybridized carbons (Fsp3) is 0.385. The van der Waals surface area contributed by atoms with Crippen molar-refractivity contribution in [2.45, 2.75) is 4.90 Å². The molecule has 0 saturated carbocycles. The van der Waals surface area contributed by atoms with Gasteiger partial charge in [-0.15, -0.1) is 0 Å². The number of anilines is 1. The van der Waals surface area contributed by atoms with Gasteiger partial charge in [0.2, 0.25) is 10.0 Å². The van der Waals surface area contributed by atoms with Crippen molar-refractivity contribution in [1.29, 1.82) is 0 Å². The Bertz CT molecular complexity index is 564. The Kier molecular flexibility index (Phi) is 5.04. The van der Waals surface area contributed by atoms with E-state index in [0.29, 0.717) is 0 Å². The molecule has 2 rings (SSSR count). The molecule has 1 aromatic rings. The van der Waals surface area contributed by atoms with Crippen molar-refractivity contribution in [3.8, 4) is 0 Å². The monoisotopic (exact) mass is 315 g/mol. The summed E-state index contributed by atoms with van der Waals surface area (Å²) in [6.45, 7) is 4.59. The van der Waals surface area contributed by atoms with Crippen molar-refractivity contribution in [3.05, 3.63) is 35.9 Å². The van der Waals surface area contributed by atoms with Gasteiger partial charge in [0.05, 0.1) is 4.90 Å². The molecule has 0 amide bonds. The first-order chi connectivity index (χ1) is 9.50. The number of hydrogen-bond donors (Lipinski definition) is 1. The predicted molar refractivity (Wildman–Crippen MR) is 81.5 cm³/mol. The second-order valence-electron chi connectivity index (χ2n) is 4.69. The first-order valence-corrected chi connectivity index (χ1v) is 8.34. The van der Waals surface area contributed by atoms with Crippen LogP contribution >= 0.6 is 11.6 Å². The quantitative estimate of drug-likeness (QED) is 0.907. The smallest absolute Gasteiger partial charge is 0.238 e. The average Bonchev–Trinajstić information content (AvgIpc) is 2.45. The fourth-order valence-corrected chi connectivity index (χ4v) is 2.82. The lowest BCUT2D eigenvalue weighted by molar-refractivity contribution is 0.284. The maximum absolute atomic E-state index is 11.2. The number of benzene rings is 1. The van der Waals surface area contributed by atoms with E-state index in [1.807, 2.05) is 6.08 Å². The molecule has 1 heterocycles. The standard InChI is InChI=1S/C13H18ClN3O2S/c14-6-1-7-16-8-10-17(11-9-16)12-2-4-13(5-3-12)20(15,18)19/h1-6H,7-11H2,(H2,15,18,19)/b6-1+. The second-order valence-corrected chi connectivity index (χ2v) is 6.50. The van der Waals surface area contributed by atoms with Gasteiger partial charge in [0.1, 0.15) is 0 Å². The Balaban J connectivity index is 1.97. The summed E-state index contributed by atoms with van der Waals surface area (Å²) in [6, 6.07) is 6.70. The lowest BCUT2D eigenvalue weighted by Crippen LogP contribution is -2.46. The number of hydrogen-bond acceptors (Lipinski definition) is 4. The molecule has 0 spiro atoms. The summed E-state index contributed by atoms with van der Waals surface area (Å²) in [4.78, 5) is 4.69. The van der Waals surface area contributed by atoms with Crippen molar-refractivity contribution in [1.82, 2.24) is 4.90 Å². The minimum atomic E-state index is -3.62. The number of nitrogens with two attached hydrogens (primary N) is 1. The number of rotatable bonds is 4. The number of sulfonamides is 1. The summed E-state index contributed by atoms with van der Waals surface area (Å²) in [6.07, 6.45) is 1.93. The molecule has 0 atom stereocenters. The van der Waals surface area contributed by atoms with Crippen molar-refractivity contribution >= 4 is 27.3 Å². The van der Waals surface area contributed by atoms with Gasteiger partial charge >= 0.3 is 0 Å². The molecule has 1 aliphatic heterocycles. The average molecular weight is 316 g/mol. The summed E-state index contributed by atoms with van der Waals surface area (Å²) in [7, 11) is -3.62. The molecule has 0 aromatic heterocycles. The molecule has 0 bridgehead atoms. The van der Waals surface area contributed by atoms with Gasteiger partial charge in [-0.05, 0) is 24.3 Å². The maximum Gasteiger partial charge on any atom is 0.238 e. The molecule has 0 aliphatic carbocycles. The van der Waals surface area contributed by atoms with Crippen molar-refractivity contribution in [2.75, 3.05) is 37.6 Å². The summed E-state index contributed by atoms with van der Waals surface area (Å²) in [5.74, 6) is 0. The van der Waals surface area contributed by atoms with Gasteiger partial charge in [-0.2, -0.15) is 0 Å². The van der Waals surface area contributed by atoms with Gasteiger partial charge in [0.15, 0.2) is 0 Å². The predicted octanol–water partition coefficient (Wildman–Crippen LogP) is 1.21. The van der Waals surface area contributed by atoms with Crippen LogP contribution in [-0.2, 0) is 10.0 Å². The first-order valence-electron chi connectivity index (χ1n) is 6.36. The molecule has 1 saturated heterocycles. The highest BCUT2D eigenvalue weighted by molar-refractivity contribution is 7.89. The zero-order valence-electron chi connectivity index (χ0n) is 11.1. The third-order valence-electron chi connectivity index (χ3n) is 3.36. The van der Waals surface area contributed by atoms with E-state index in [0.717, 1.165) is 38.4 Å². The van der Waals surface area contributed by atoms with Gasteiger partial charge in [-0.25, -0.2) is 13.6 Å². The van der Waals surface area contributed by atoms with Gasteiger partial charge in [0, 0.05) is 43.9 Å². The van der Waals surface area contributed by atoms with Gasteiger partial charge in [-0.3, -0.25) is 4.90 Å². The molecule has 20 heavy (non-hydrogen) atoms. The zero-order chi connectivity index (χ0) is 14.6. The van der Waals surface area contributed by atoms with Crippen molar-refractivity contribution < 1.29 is 8.42 Å². The Morgan fingerprint density at radius 1 is 1.15 bits per heavy atom. The normalized spacial score (nSPS) is 17.8. The van der Waals surface area contributed by atoms with Crippen LogP contribution in [0, 0.1) is 0 Å². The largest absolute Gasteiger partial charge is 0.369 e. The lowest BCUT2D eigenvalue weighted by atomic mass is 10.2. The summed E-state index contributed by atoms with van der Waals surface area (Å²) in [5, 5.41) is 5.08. The molecule has 2 N–H and O–H groups in total. The maximum atomic E-state index is 11.2. The molecule has 0 radical (unpaired) electrons. The van der Waals surface area contributed by atoms with Crippen LogP contribution in [0.3, 0.4) is 0 Å². The van der Waals surface area contributed by atoms with E-state index in [1.54, 1.807) is 29.8 Å². The van der Waals surface area contributed by atoms with Gasteiger partial charge < -0.3 is 4.90 Å². The van der Waals surface area contributed by atoms with Crippen molar-refractivity contribution in [3.63, 3.8) is 0 Å². The van der Waals surface area contributed by atoms with E-state index in [-0.39, 0.29) is 4.90 Å². The van der Waals surface area contributed by atoms with E-state index in [4.69, 9.17) is 16.7 Å². The van der Waals surface area contributed by atoms with E-state index in [2.05, 4.69) is 9.80 Å². The van der Waals surface area contributed by atoms with Crippen LogP contribution in [0.15, 0.2) is 40.8 Å². The molecule has 1 fully saturated rings. The van der Waals surface area contributed by atoms with Crippen LogP contribution in [0.4, 0.5) is 5.69 Å². The van der Waals surface area contributed by atoms with E-state index in [9.17, 15) is 8.42 Å². The summed E-state index contributed by atoms with van der Waals surface area (Å²) < 4.78 is 22.4. The molecule has 1 aromatic carbocycles. The molecular weight excluding hydrogens is 298 g/mol. The van der Waals surface area contributed by atoms with E-state index < -0.39 is 10.0 Å². The van der Waals surface area contributed by atoms with E-state index in [1.165, 1.54) is 0 Å². The Morgan fingerprint density at radius 2 is 1.75 bits per heavy atom. The van der Waals surface area contributed by atoms with Crippen LogP contribution < -0.4 is 10.0 Å². The third kappa shape index (κ3) is 3.96.